The monoisotopic (exact) mass is 434 g/mol. The number of nitrogens with zero attached hydrogens (tertiary/aromatic N) is 4. The maximum absolute atomic E-state index is 14.4. The Morgan fingerprint density at radius 1 is 1.22 bits per heavy atom. The first-order valence-electron chi connectivity index (χ1n) is 11.0. The summed E-state index contributed by atoms with van der Waals surface area (Å²) < 4.78 is 14.4. The number of hydrogen-bond acceptors (Lipinski definition) is 7. The summed E-state index contributed by atoms with van der Waals surface area (Å²) in [6, 6.07) is 9.59. The van der Waals surface area contributed by atoms with Crippen molar-refractivity contribution in [1.29, 1.82) is 0 Å². The highest BCUT2D eigenvalue weighted by atomic mass is 19.1. The summed E-state index contributed by atoms with van der Waals surface area (Å²) in [7, 11) is 1.58. The fourth-order valence-corrected chi connectivity index (χ4v) is 4.23. The van der Waals surface area contributed by atoms with Gasteiger partial charge in [0.15, 0.2) is 11.6 Å². The van der Waals surface area contributed by atoms with Crippen LogP contribution < -0.4 is 16.0 Å². The highest BCUT2D eigenvalue weighted by Crippen LogP contribution is 2.36. The lowest BCUT2D eigenvalue weighted by Crippen LogP contribution is -2.34. The lowest BCUT2D eigenvalue weighted by molar-refractivity contribution is 0.436. The number of aromatic hydroxyl groups is 1. The van der Waals surface area contributed by atoms with Gasteiger partial charge in [0.1, 0.15) is 5.82 Å². The van der Waals surface area contributed by atoms with E-state index in [1.807, 2.05) is 18.2 Å². The van der Waals surface area contributed by atoms with Gasteiger partial charge in [-0.05, 0) is 62.1 Å². The molecule has 4 N–H and O–H groups in total. The van der Waals surface area contributed by atoms with E-state index in [4.69, 9.17) is 10.7 Å². The number of fused-ring (bicyclic) bond motifs is 1. The minimum Gasteiger partial charge on any atom is -0.504 e. The van der Waals surface area contributed by atoms with Crippen LogP contribution >= 0.6 is 0 Å². The van der Waals surface area contributed by atoms with Gasteiger partial charge in [0.2, 0.25) is 0 Å². The number of pyridine rings is 2. The minimum absolute atomic E-state index is 0.139. The van der Waals surface area contributed by atoms with Crippen LogP contribution in [-0.2, 0) is 0 Å². The molecule has 0 amide bonds. The number of phenols is 1. The van der Waals surface area contributed by atoms with E-state index >= 15 is 0 Å². The van der Waals surface area contributed by atoms with Crippen molar-refractivity contribution >= 4 is 28.8 Å². The largest absolute Gasteiger partial charge is 0.504 e. The van der Waals surface area contributed by atoms with Gasteiger partial charge < -0.3 is 21.1 Å². The molecule has 7 nitrogen and oxygen atoms in total. The van der Waals surface area contributed by atoms with Gasteiger partial charge in [-0.3, -0.25) is 4.99 Å². The average molecular weight is 435 g/mol. The molecule has 1 unspecified atom stereocenters. The Hall–Kier alpha value is -3.26. The molecule has 3 aromatic rings. The first kappa shape index (κ1) is 20.6. The van der Waals surface area contributed by atoms with Crippen LogP contribution in [0.5, 0.6) is 5.75 Å². The summed E-state index contributed by atoms with van der Waals surface area (Å²) in [5.74, 6) is 0.425. The van der Waals surface area contributed by atoms with Crippen LogP contribution in [0.2, 0.25) is 0 Å². The molecule has 1 atom stereocenters. The molecule has 0 bridgehead atoms. The molecule has 2 fully saturated rings. The molecule has 166 valence electrons. The SMILES string of the molecule is CN=Cc1cc(-c2ccc3nc(N4CCC(NCC5CC5)C4)ccc3n2)c(O)c(F)c1N. The van der Waals surface area contributed by atoms with Gasteiger partial charge in [0.05, 0.1) is 22.4 Å². The predicted molar refractivity (Wildman–Crippen MR) is 126 cm³/mol. The molecule has 2 aliphatic rings. The van der Waals surface area contributed by atoms with E-state index in [1.54, 1.807) is 19.2 Å². The Labute approximate surface area is 186 Å². The summed E-state index contributed by atoms with van der Waals surface area (Å²) in [4.78, 5) is 15.6. The summed E-state index contributed by atoms with van der Waals surface area (Å²) in [5.41, 5.74) is 8.16. The fraction of sp³-hybridized carbons (Fsp3) is 0.375. The number of phenolic OH excluding ortho intramolecular Hbond substituents is 1. The number of anilines is 2. The van der Waals surface area contributed by atoms with Crippen molar-refractivity contribution in [2.75, 3.05) is 37.3 Å². The number of aromatic nitrogens is 2. The fourth-order valence-electron chi connectivity index (χ4n) is 4.23. The number of rotatable bonds is 6. The van der Waals surface area contributed by atoms with Gasteiger partial charge >= 0.3 is 0 Å². The minimum atomic E-state index is -0.869. The zero-order chi connectivity index (χ0) is 22.2. The van der Waals surface area contributed by atoms with Crippen molar-refractivity contribution in [3.8, 4) is 17.0 Å². The van der Waals surface area contributed by atoms with E-state index in [0.717, 1.165) is 43.3 Å². The second-order valence-corrected chi connectivity index (χ2v) is 8.66. The zero-order valence-corrected chi connectivity index (χ0v) is 18.1. The van der Waals surface area contributed by atoms with Gasteiger partial charge in [-0.2, -0.15) is 0 Å². The van der Waals surface area contributed by atoms with E-state index < -0.39 is 11.6 Å². The lowest BCUT2D eigenvalue weighted by Gasteiger charge is -2.18. The number of nitrogens with two attached hydrogens (primary N) is 1. The smallest absolute Gasteiger partial charge is 0.189 e. The van der Waals surface area contributed by atoms with Crippen molar-refractivity contribution in [2.45, 2.75) is 25.3 Å². The summed E-state index contributed by atoms with van der Waals surface area (Å²) in [5, 5.41) is 14.0. The van der Waals surface area contributed by atoms with Crippen LogP contribution in [0.4, 0.5) is 15.9 Å². The predicted octanol–water partition coefficient (Wildman–Crippen LogP) is 3.35. The molecular formula is C24H27FN6O. The Morgan fingerprint density at radius 2 is 2.00 bits per heavy atom. The quantitative estimate of drug-likeness (QED) is 0.406. The molecule has 3 heterocycles. The topological polar surface area (TPSA) is 99.7 Å². The van der Waals surface area contributed by atoms with E-state index in [-0.39, 0.29) is 11.3 Å². The second-order valence-electron chi connectivity index (χ2n) is 8.66. The second kappa shape index (κ2) is 8.35. The molecule has 2 aromatic heterocycles. The van der Waals surface area contributed by atoms with Crippen molar-refractivity contribution in [2.24, 2.45) is 10.9 Å². The van der Waals surface area contributed by atoms with E-state index in [1.165, 1.54) is 19.1 Å². The van der Waals surface area contributed by atoms with Gasteiger partial charge in [-0.25, -0.2) is 14.4 Å². The molecular weight excluding hydrogens is 407 g/mol. The van der Waals surface area contributed by atoms with Crippen molar-refractivity contribution in [3.63, 3.8) is 0 Å². The van der Waals surface area contributed by atoms with Gasteiger partial charge in [0, 0.05) is 43.5 Å². The van der Waals surface area contributed by atoms with Gasteiger partial charge in [-0.15, -0.1) is 0 Å². The van der Waals surface area contributed by atoms with Crippen molar-refractivity contribution in [3.05, 3.63) is 41.7 Å². The van der Waals surface area contributed by atoms with Crippen LogP contribution in [-0.4, -0.2) is 54.0 Å². The van der Waals surface area contributed by atoms with Crippen molar-refractivity contribution in [1.82, 2.24) is 15.3 Å². The molecule has 0 radical (unpaired) electrons. The number of aliphatic imine (C=N–C) groups is 1. The highest BCUT2D eigenvalue weighted by molar-refractivity contribution is 5.91. The van der Waals surface area contributed by atoms with E-state index in [0.29, 0.717) is 22.8 Å². The first-order valence-corrected chi connectivity index (χ1v) is 11.0. The Kier molecular flexibility index (Phi) is 5.38. The Balaban J connectivity index is 1.40. The molecule has 1 saturated carbocycles. The van der Waals surface area contributed by atoms with Gasteiger partial charge in [0.25, 0.3) is 0 Å². The Bertz CT molecular complexity index is 1190. The summed E-state index contributed by atoms with van der Waals surface area (Å²) in [6.07, 6.45) is 5.30. The third-order valence-electron chi connectivity index (χ3n) is 6.29. The number of hydrogen-bond donors (Lipinski definition) is 3. The normalized spacial score (nSPS) is 18.8. The third-order valence-corrected chi connectivity index (χ3v) is 6.29. The molecule has 1 aromatic carbocycles. The number of benzene rings is 1. The molecule has 1 aliphatic carbocycles. The Morgan fingerprint density at radius 3 is 2.78 bits per heavy atom. The molecule has 32 heavy (non-hydrogen) atoms. The molecule has 8 heteroatoms. The molecule has 0 spiro atoms. The molecule has 1 saturated heterocycles. The standard InChI is InChI=1S/C24H27FN6O/c1-27-12-15-10-17(24(32)22(25)23(15)26)18-4-5-20-19(29-18)6-7-21(30-20)31-9-8-16(13-31)28-11-14-2-3-14/h4-7,10,12,14,16,28,32H,2-3,8-9,11,13,26H2,1H3. The average Bonchev–Trinajstić information content (AvgIpc) is 3.52. The van der Waals surface area contributed by atoms with Gasteiger partial charge in [-0.1, -0.05) is 0 Å². The van der Waals surface area contributed by atoms with Crippen LogP contribution in [0.25, 0.3) is 22.3 Å². The number of nitrogen functional groups attached to an aromatic ring is 1. The molecule has 5 rings (SSSR count). The highest BCUT2D eigenvalue weighted by Gasteiger charge is 2.27. The maximum Gasteiger partial charge on any atom is 0.189 e. The first-order chi connectivity index (χ1) is 15.5. The molecule has 1 aliphatic heterocycles. The third kappa shape index (κ3) is 3.98. The van der Waals surface area contributed by atoms with Crippen LogP contribution in [0.15, 0.2) is 35.3 Å². The van der Waals surface area contributed by atoms with Crippen LogP contribution in [0.1, 0.15) is 24.8 Å². The zero-order valence-electron chi connectivity index (χ0n) is 18.1. The summed E-state index contributed by atoms with van der Waals surface area (Å²) >= 11 is 0. The van der Waals surface area contributed by atoms with Crippen LogP contribution in [0, 0.1) is 11.7 Å². The number of halogens is 1. The van der Waals surface area contributed by atoms with Crippen molar-refractivity contribution < 1.29 is 9.50 Å². The van der Waals surface area contributed by atoms with Crippen LogP contribution in [0.3, 0.4) is 0 Å². The summed E-state index contributed by atoms with van der Waals surface area (Å²) in [6.45, 7) is 3.06. The number of nitrogens with one attached hydrogen (secondary N) is 1. The maximum atomic E-state index is 14.4. The lowest BCUT2D eigenvalue weighted by atomic mass is 10.0. The van der Waals surface area contributed by atoms with E-state index in [2.05, 4.69) is 20.2 Å². The van der Waals surface area contributed by atoms with E-state index in [9.17, 15) is 9.50 Å².